The minimum atomic E-state index is 0.263. The summed E-state index contributed by atoms with van der Waals surface area (Å²) in [6, 6.07) is 5.44. The van der Waals surface area contributed by atoms with Gasteiger partial charge in [0.25, 0.3) is 0 Å². The molecule has 4 nitrogen and oxygen atoms in total. The zero-order valence-electron chi connectivity index (χ0n) is 10.7. The fourth-order valence-corrected chi connectivity index (χ4v) is 2.39. The van der Waals surface area contributed by atoms with Crippen LogP contribution in [-0.2, 0) is 4.74 Å². The summed E-state index contributed by atoms with van der Waals surface area (Å²) in [5.41, 5.74) is 0.829. The summed E-state index contributed by atoms with van der Waals surface area (Å²) < 4.78 is 10.6. The quantitative estimate of drug-likeness (QED) is 0.837. The van der Waals surface area contributed by atoms with E-state index in [0.717, 1.165) is 31.7 Å². The molecule has 0 radical (unpaired) electrons. The van der Waals surface area contributed by atoms with E-state index in [-0.39, 0.29) is 6.10 Å². The molecule has 2 rings (SSSR count). The lowest BCUT2D eigenvalue weighted by molar-refractivity contribution is 0.114. The van der Waals surface area contributed by atoms with E-state index in [4.69, 9.17) is 33.3 Å². The van der Waals surface area contributed by atoms with Crippen LogP contribution in [-0.4, -0.2) is 31.5 Å². The Balaban J connectivity index is 1.82. The van der Waals surface area contributed by atoms with Crippen LogP contribution in [0, 0.1) is 0 Å². The first kappa shape index (κ1) is 14.4. The minimum Gasteiger partial charge on any atom is -0.495 e. The van der Waals surface area contributed by atoms with Crippen LogP contribution in [0.25, 0.3) is 0 Å². The molecule has 1 heterocycles. The van der Waals surface area contributed by atoms with Crippen molar-refractivity contribution in [2.45, 2.75) is 18.9 Å². The number of nitrogens with one attached hydrogen (secondary N) is 2. The number of ether oxygens (including phenoxy) is 2. The molecule has 1 aromatic carbocycles. The zero-order valence-corrected chi connectivity index (χ0v) is 12.3. The lowest BCUT2D eigenvalue weighted by Crippen LogP contribution is -2.34. The highest BCUT2D eigenvalue weighted by molar-refractivity contribution is 7.80. The molecule has 1 aliphatic rings. The molecule has 0 bridgehead atoms. The van der Waals surface area contributed by atoms with Gasteiger partial charge in [-0.1, -0.05) is 11.6 Å². The number of benzene rings is 1. The molecule has 0 aliphatic carbocycles. The molecule has 104 valence electrons. The summed E-state index contributed by atoms with van der Waals surface area (Å²) >= 11 is 11.3. The van der Waals surface area contributed by atoms with Crippen LogP contribution in [0.3, 0.4) is 0 Å². The van der Waals surface area contributed by atoms with Gasteiger partial charge in [0.2, 0.25) is 0 Å². The first-order valence-corrected chi connectivity index (χ1v) is 6.97. The van der Waals surface area contributed by atoms with Crippen molar-refractivity contribution < 1.29 is 9.47 Å². The molecule has 1 saturated heterocycles. The lowest BCUT2D eigenvalue weighted by Gasteiger charge is -2.14. The molecule has 0 aromatic heterocycles. The second-order valence-corrected chi connectivity index (χ2v) is 5.13. The first-order valence-electron chi connectivity index (χ1n) is 6.19. The van der Waals surface area contributed by atoms with Crippen molar-refractivity contribution in [1.82, 2.24) is 5.32 Å². The van der Waals surface area contributed by atoms with Gasteiger partial charge in [0.1, 0.15) is 5.75 Å². The van der Waals surface area contributed by atoms with E-state index < -0.39 is 0 Å². The molecule has 0 amide bonds. The third-order valence-corrected chi connectivity index (χ3v) is 3.47. The van der Waals surface area contributed by atoms with Crippen LogP contribution in [0.4, 0.5) is 5.69 Å². The van der Waals surface area contributed by atoms with E-state index in [1.165, 1.54) is 0 Å². The Hall–Kier alpha value is -1.04. The SMILES string of the molecule is COc1ccc(NC(=S)NCC2CCCO2)cc1Cl. The Labute approximate surface area is 123 Å². The predicted molar refractivity (Wildman–Crippen MR) is 81.2 cm³/mol. The van der Waals surface area contributed by atoms with Gasteiger partial charge in [0, 0.05) is 18.8 Å². The van der Waals surface area contributed by atoms with Crippen molar-refractivity contribution in [2.24, 2.45) is 0 Å². The largest absolute Gasteiger partial charge is 0.495 e. The molecular weight excluding hydrogens is 284 g/mol. The van der Waals surface area contributed by atoms with Gasteiger partial charge in [-0.3, -0.25) is 0 Å². The Morgan fingerprint density at radius 3 is 3.05 bits per heavy atom. The van der Waals surface area contributed by atoms with Crippen molar-refractivity contribution in [1.29, 1.82) is 0 Å². The van der Waals surface area contributed by atoms with Gasteiger partial charge in [-0.15, -0.1) is 0 Å². The standard InChI is InChI=1S/C13H17ClN2O2S/c1-17-12-5-4-9(7-11(12)14)16-13(19)15-8-10-3-2-6-18-10/h4-5,7,10H,2-3,6,8H2,1H3,(H2,15,16,19). The summed E-state index contributed by atoms with van der Waals surface area (Å²) in [5, 5.41) is 7.34. The van der Waals surface area contributed by atoms with Crippen LogP contribution >= 0.6 is 23.8 Å². The van der Waals surface area contributed by atoms with E-state index in [2.05, 4.69) is 10.6 Å². The lowest BCUT2D eigenvalue weighted by atomic mass is 10.2. The average molecular weight is 301 g/mol. The fourth-order valence-electron chi connectivity index (χ4n) is 1.93. The Morgan fingerprint density at radius 2 is 2.42 bits per heavy atom. The van der Waals surface area contributed by atoms with Crippen molar-refractivity contribution in [3.05, 3.63) is 23.2 Å². The van der Waals surface area contributed by atoms with Gasteiger partial charge in [-0.25, -0.2) is 0 Å². The van der Waals surface area contributed by atoms with Gasteiger partial charge in [0.05, 0.1) is 18.2 Å². The van der Waals surface area contributed by atoms with Crippen LogP contribution in [0.1, 0.15) is 12.8 Å². The van der Waals surface area contributed by atoms with E-state index in [1.807, 2.05) is 6.07 Å². The molecule has 1 aromatic rings. The van der Waals surface area contributed by atoms with E-state index in [9.17, 15) is 0 Å². The minimum absolute atomic E-state index is 0.263. The Morgan fingerprint density at radius 1 is 1.58 bits per heavy atom. The molecule has 1 unspecified atom stereocenters. The monoisotopic (exact) mass is 300 g/mol. The van der Waals surface area contributed by atoms with Crippen molar-refractivity contribution in [2.75, 3.05) is 25.6 Å². The number of rotatable bonds is 4. The number of methoxy groups -OCH3 is 1. The maximum atomic E-state index is 6.04. The second kappa shape index (κ2) is 6.93. The molecule has 1 fully saturated rings. The maximum Gasteiger partial charge on any atom is 0.170 e. The number of anilines is 1. The van der Waals surface area contributed by atoms with Crippen molar-refractivity contribution >= 4 is 34.6 Å². The second-order valence-electron chi connectivity index (χ2n) is 4.32. The summed E-state index contributed by atoms with van der Waals surface area (Å²) in [6.45, 7) is 1.58. The topological polar surface area (TPSA) is 42.5 Å². The van der Waals surface area contributed by atoms with Crippen molar-refractivity contribution in [3.63, 3.8) is 0 Å². The van der Waals surface area contributed by atoms with Gasteiger partial charge < -0.3 is 20.1 Å². The highest BCUT2D eigenvalue weighted by Crippen LogP contribution is 2.27. The summed E-state index contributed by atoms with van der Waals surface area (Å²) in [7, 11) is 1.59. The third-order valence-electron chi connectivity index (χ3n) is 2.92. The number of thiocarbonyl (C=S) groups is 1. The van der Waals surface area contributed by atoms with Crippen molar-refractivity contribution in [3.8, 4) is 5.75 Å². The van der Waals surface area contributed by atoms with E-state index >= 15 is 0 Å². The zero-order chi connectivity index (χ0) is 13.7. The van der Waals surface area contributed by atoms with Gasteiger partial charge in [-0.2, -0.15) is 0 Å². The molecule has 6 heteroatoms. The summed E-state index contributed by atoms with van der Waals surface area (Å²) in [5.74, 6) is 0.644. The van der Waals surface area contributed by atoms with Gasteiger partial charge in [-0.05, 0) is 43.3 Å². The van der Waals surface area contributed by atoms with Crippen LogP contribution in [0.15, 0.2) is 18.2 Å². The van der Waals surface area contributed by atoms with Gasteiger partial charge in [0.15, 0.2) is 5.11 Å². The average Bonchev–Trinajstić information content (AvgIpc) is 2.90. The van der Waals surface area contributed by atoms with Crippen LogP contribution in [0.2, 0.25) is 5.02 Å². The molecular formula is C13H17ClN2O2S. The van der Waals surface area contributed by atoms with E-state index in [1.54, 1.807) is 19.2 Å². The fraction of sp³-hybridized carbons (Fsp3) is 0.462. The number of hydrogen-bond acceptors (Lipinski definition) is 3. The molecule has 0 spiro atoms. The smallest absolute Gasteiger partial charge is 0.170 e. The number of halogens is 1. The molecule has 2 N–H and O–H groups in total. The molecule has 1 aliphatic heterocycles. The molecule has 19 heavy (non-hydrogen) atoms. The first-order chi connectivity index (χ1) is 9.19. The highest BCUT2D eigenvalue weighted by atomic mass is 35.5. The summed E-state index contributed by atoms with van der Waals surface area (Å²) in [6.07, 6.45) is 2.48. The highest BCUT2D eigenvalue weighted by Gasteiger charge is 2.15. The van der Waals surface area contributed by atoms with Gasteiger partial charge >= 0.3 is 0 Å². The third kappa shape index (κ3) is 4.23. The summed E-state index contributed by atoms with van der Waals surface area (Å²) in [4.78, 5) is 0. The normalized spacial score (nSPS) is 18.1. The molecule has 1 atom stereocenters. The molecule has 0 saturated carbocycles. The Bertz CT molecular complexity index is 450. The predicted octanol–water partition coefficient (Wildman–Crippen LogP) is 2.81. The maximum absolute atomic E-state index is 6.04. The number of hydrogen-bond donors (Lipinski definition) is 2. The van der Waals surface area contributed by atoms with Crippen LogP contribution < -0.4 is 15.4 Å². The Kier molecular flexibility index (Phi) is 5.24. The van der Waals surface area contributed by atoms with E-state index in [0.29, 0.717) is 15.9 Å². The van der Waals surface area contributed by atoms with Crippen LogP contribution in [0.5, 0.6) is 5.75 Å².